The molecule has 2 aromatic carbocycles. The molecule has 164 valence electrons. The third kappa shape index (κ3) is 4.75. The number of ether oxygens (including phenoxy) is 1. The number of phenols is 1. The van der Waals surface area contributed by atoms with Crippen molar-refractivity contribution in [3.63, 3.8) is 0 Å². The molecule has 5 nitrogen and oxygen atoms in total. The Kier molecular flexibility index (Phi) is 6.71. The fraction of sp³-hybridized carbons (Fsp3) is 0.231. The van der Waals surface area contributed by atoms with Gasteiger partial charge < -0.3 is 15.2 Å². The van der Waals surface area contributed by atoms with E-state index in [0.717, 1.165) is 40.0 Å². The van der Waals surface area contributed by atoms with Crippen LogP contribution in [0.3, 0.4) is 0 Å². The van der Waals surface area contributed by atoms with Gasteiger partial charge in [-0.1, -0.05) is 43.7 Å². The zero-order valence-corrected chi connectivity index (χ0v) is 19.0. The summed E-state index contributed by atoms with van der Waals surface area (Å²) in [4.78, 5) is 18.0. The average molecular weight is 447 g/mol. The maximum absolute atomic E-state index is 12.4. The van der Waals surface area contributed by atoms with E-state index in [1.54, 1.807) is 23.5 Å². The van der Waals surface area contributed by atoms with Crippen molar-refractivity contribution in [2.45, 2.75) is 32.7 Å². The molecule has 2 aromatic heterocycles. The summed E-state index contributed by atoms with van der Waals surface area (Å²) >= 11 is 1.60. The van der Waals surface area contributed by atoms with Gasteiger partial charge >= 0.3 is 5.97 Å². The van der Waals surface area contributed by atoms with E-state index in [2.05, 4.69) is 17.2 Å². The standard InChI is InChI=1S/C26H26N2O3S/c1-3-4-14-31-26(30)19-7-5-8-20(16-19)28-24(22-9-6-15-32-22)21-13-12-18-11-10-17(2)27-23(18)25(21)29/h5-13,15-16,24,28-29H,3-4,14H2,1-2H3. The van der Waals surface area contributed by atoms with E-state index in [-0.39, 0.29) is 17.8 Å². The molecule has 4 aromatic rings. The summed E-state index contributed by atoms with van der Waals surface area (Å²) in [6.45, 7) is 4.38. The minimum atomic E-state index is -0.331. The second kappa shape index (κ2) is 9.83. The second-order valence-corrected chi connectivity index (χ2v) is 8.67. The first-order chi connectivity index (χ1) is 15.6. The smallest absolute Gasteiger partial charge is 0.338 e. The maximum atomic E-state index is 12.4. The molecule has 1 unspecified atom stereocenters. The molecule has 0 aliphatic carbocycles. The molecule has 0 spiro atoms. The number of benzene rings is 2. The van der Waals surface area contributed by atoms with Crippen molar-refractivity contribution in [3.05, 3.63) is 87.7 Å². The highest BCUT2D eigenvalue weighted by Gasteiger charge is 2.21. The molecule has 0 aliphatic rings. The number of nitrogens with one attached hydrogen (secondary N) is 1. The van der Waals surface area contributed by atoms with Gasteiger partial charge in [0.05, 0.1) is 18.2 Å². The van der Waals surface area contributed by atoms with E-state index in [0.29, 0.717) is 17.7 Å². The van der Waals surface area contributed by atoms with Crippen LogP contribution in [-0.4, -0.2) is 22.7 Å². The molecule has 0 saturated heterocycles. The van der Waals surface area contributed by atoms with E-state index in [4.69, 9.17) is 4.74 Å². The Bertz CT molecular complexity index is 1220. The van der Waals surface area contributed by atoms with Gasteiger partial charge in [0.2, 0.25) is 0 Å². The number of esters is 1. The monoisotopic (exact) mass is 446 g/mol. The second-order valence-electron chi connectivity index (χ2n) is 7.69. The number of rotatable bonds is 8. The molecular weight excluding hydrogens is 420 g/mol. The SMILES string of the molecule is CCCCOC(=O)c1cccc(NC(c2cccs2)c2ccc3ccc(C)nc3c2O)c1. The number of unbranched alkanes of at least 4 members (excludes halogenated alkanes) is 1. The molecule has 1 atom stereocenters. The van der Waals surface area contributed by atoms with Crippen molar-refractivity contribution in [2.75, 3.05) is 11.9 Å². The first-order valence-electron chi connectivity index (χ1n) is 10.7. The molecule has 4 rings (SSSR count). The van der Waals surface area contributed by atoms with Crippen LogP contribution in [0.1, 0.15) is 52.3 Å². The highest BCUT2D eigenvalue weighted by molar-refractivity contribution is 7.10. The van der Waals surface area contributed by atoms with Gasteiger partial charge in [0.15, 0.2) is 0 Å². The van der Waals surface area contributed by atoms with E-state index < -0.39 is 0 Å². The highest BCUT2D eigenvalue weighted by Crippen LogP contribution is 2.38. The van der Waals surface area contributed by atoms with Crippen molar-refractivity contribution in [3.8, 4) is 5.75 Å². The zero-order chi connectivity index (χ0) is 22.5. The number of aromatic hydroxyl groups is 1. The fourth-order valence-electron chi connectivity index (χ4n) is 3.57. The van der Waals surface area contributed by atoms with Crippen LogP contribution >= 0.6 is 11.3 Å². The highest BCUT2D eigenvalue weighted by atomic mass is 32.1. The number of pyridine rings is 1. The molecule has 0 radical (unpaired) electrons. The number of carbonyl (C=O) groups is 1. The number of anilines is 1. The number of thiophene rings is 1. The lowest BCUT2D eigenvalue weighted by Crippen LogP contribution is -2.13. The number of aryl methyl sites for hydroxylation is 1. The van der Waals surface area contributed by atoms with Crippen molar-refractivity contribution >= 4 is 33.9 Å². The Morgan fingerprint density at radius 1 is 1.16 bits per heavy atom. The van der Waals surface area contributed by atoms with Gasteiger partial charge in [0.25, 0.3) is 0 Å². The Balaban J connectivity index is 1.68. The Labute approximate surface area is 191 Å². The molecule has 32 heavy (non-hydrogen) atoms. The zero-order valence-electron chi connectivity index (χ0n) is 18.2. The Morgan fingerprint density at radius 3 is 2.78 bits per heavy atom. The third-order valence-corrected chi connectivity index (χ3v) is 6.22. The Morgan fingerprint density at radius 2 is 2.00 bits per heavy atom. The average Bonchev–Trinajstić information content (AvgIpc) is 3.33. The van der Waals surface area contributed by atoms with Crippen LogP contribution in [0.2, 0.25) is 0 Å². The molecule has 0 bridgehead atoms. The summed E-state index contributed by atoms with van der Waals surface area (Å²) in [5, 5.41) is 17.5. The van der Waals surface area contributed by atoms with E-state index in [9.17, 15) is 9.90 Å². The van der Waals surface area contributed by atoms with Crippen LogP contribution < -0.4 is 5.32 Å². The molecule has 0 fully saturated rings. The maximum Gasteiger partial charge on any atom is 0.338 e. The number of hydrogen-bond donors (Lipinski definition) is 2. The molecule has 0 amide bonds. The predicted octanol–water partition coefficient (Wildman–Crippen LogP) is 6.47. The van der Waals surface area contributed by atoms with E-state index in [1.165, 1.54) is 0 Å². The lowest BCUT2D eigenvalue weighted by molar-refractivity contribution is 0.0500. The summed E-state index contributed by atoms with van der Waals surface area (Å²) < 4.78 is 5.35. The minimum Gasteiger partial charge on any atom is -0.505 e. The molecule has 0 saturated carbocycles. The van der Waals surface area contributed by atoms with Crippen molar-refractivity contribution in [2.24, 2.45) is 0 Å². The quantitative estimate of drug-likeness (QED) is 0.240. The van der Waals surface area contributed by atoms with Crippen molar-refractivity contribution in [1.82, 2.24) is 4.98 Å². The van der Waals surface area contributed by atoms with E-state index >= 15 is 0 Å². The summed E-state index contributed by atoms with van der Waals surface area (Å²) in [5.74, 6) is -0.171. The number of aromatic nitrogens is 1. The van der Waals surface area contributed by atoms with Gasteiger partial charge in [-0.25, -0.2) is 9.78 Å². The van der Waals surface area contributed by atoms with Crippen molar-refractivity contribution in [1.29, 1.82) is 0 Å². The van der Waals surface area contributed by atoms with Gasteiger partial charge in [-0.2, -0.15) is 0 Å². The summed E-state index contributed by atoms with van der Waals surface area (Å²) in [7, 11) is 0. The molecular formula is C26H26N2O3S. The lowest BCUT2D eigenvalue weighted by Gasteiger charge is -2.21. The number of nitrogens with zero attached hydrogens (tertiary/aromatic N) is 1. The van der Waals surface area contributed by atoms with E-state index in [1.807, 2.05) is 60.8 Å². The first kappa shape index (κ1) is 21.8. The first-order valence-corrected chi connectivity index (χ1v) is 11.6. The molecule has 2 heterocycles. The molecule has 2 N–H and O–H groups in total. The topological polar surface area (TPSA) is 71.5 Å². The normalized spacial score (nSPS) is 11.9. The van der Waals surface area contributed by atoms with Gasteiger partial charge in [0, 0.05) is 27.2 Å². The van der Waals surface area contributed by atoms with Crippen LogP contribution in [0.5, 0.6) is 5.75 Å². The van der Waals surface area contributed by atoms with Gasteiger partial charge in [-0.15, -0.1) is 11.3 Å². The lowest BCUT2D eigenvalue weighted by atomic mass is 10.0. The largest absolute Gasteiger partial charge is 0.505 e. The number of fused-ring (bicyclic) bond motifs is 1. The molecule has 6 heteroatoms. The summed E-state index contributed by atoms with van der Waals surface area (Å²) in [5.41, 5.74) is 3.43. The minimum absolute atomic E-state index is 0.159. The number of phenolic OH excluding ortho intramolecular Hbond substituents is 1. The van der Waals surface area contributed by atoms with Crippen LogP contribution in [-0.2, 0) is 4.74 Å². The predicted molar refractivity (Wildman–Crippen MR) is 130 cm³/mol. The van der Waals surface area contributed by atoms with Gasteiger partial charge in [-0.3, -0.25) is 0 Å². The number of carbonyl (C=O) groups excluding carboxylic acids is 1. The fourth-order valence-corrected chi connectivity index (χ4v) is 4.37. The van der Waals surface area contributed by atoms with Crippen LogP contribution in [0, 0.1) is 6.92 Å². The van der Waals surface area contributed by atoms with Crippen molar-refractivity contribution < 1.29 is 14.6 Å². The van der Waals surface area contributed by atoms with Crippen LogP contribution in [0.4, 0.5) is 5.69 Å². The van der Waals surface area contributed by atoms with Gasteiger partial charge in [0.1, 0.15) is 11.3 Å². The van der Waals surface area contributed by atoms with Crippen LogP contribution in [0.15, 0.2) is 66.0 Å². The Hall–Kier alpha value is -3.38. The number of hydrogen-bond acceptors (Lipinski definition) is 6. The third-order valence-electron chi connectivity index (χ3n) is 5.28. The van der Waals surface area contributed by atoms with Gasteiger partial charge in [-0.05, 0) is 49.1 Å². The summed E-state index contributed by atoms with van der Waals surface area (Å²) in [6.07, 6.45) is 1.82. The summed E-state index contributed by atoms with van der Waals surface area (Å²) in [6, 6.07) is 18.8. The molecule has 0 aliphatic heterocycles. The van der Waals surface area contributed by atoms with Crippen LogP contribution in [0.25, 0.3) is 10.9 Å².